The van der Waals surface area contributed by atoms with Gasteiger partial charge in [-0.2, -0.15) is 0 Å². The van der Waals surface area contributed by atoms with Crippen LogP contribution in [0.15, 0.2) is 29.2 Å². The molecule has 1 aromatic carbocycles. The van der Waals surface area contributed by atoms with Crippen molar-refractivity contribution in [3.63, 3.8) is 0 Å². The lowest BCUT2D eigenvalue weighted by Crippen LogP contribution is -2.29. The van der Waals surface area contributed by atoms with E-state index in [4.69, 9.17) is 10.2 Å². The maximum Gasteiger partial charge on any atom is 0.0914 e. The van der Waals surface area contributed by atoms with Crippen LogP contribution in [-0.2, 0) is 0 Å². The Hall–Kier alpha value is -0.550. The third kappa shape index (κ3) is 3.31. The maximum atomic E-state index is 9.34. The van der Waals surface area contributed by atoms with Crippen molar-refractivity contribution in [1.82, 2.24) is 0 Å². The number of hydrogen-bond donors (Lipinski definition) is 3. The zero-order valence-electron chi connectivity index (χ0n) is 7.63. The van der Waals surface area contributed by atoms with Crippen LogP contribution in [0.4, 0.5) is 0 Å². The monoisotopic (exact) mass is 213 g/mol. The Kier molecular flexibility index (Phi) is 4.97. The van der Waals surface area contributed by atoms with Gasteiger partial charge < -0.3 is 15.3 Å². The van der Waals surface area contributed by atoms with Gasteiger partial charge in [0.05, 0.1) is 24.6 Å². The van der Waals surface area contributed by atoms with Crippen LogP contribution in [-0.4, -0.2) is 39.9 Å². The van der Waals surface area contributed by atoms with Crippen LogP contribution >= 0.6 is 11.8 Å². The molecule has 3 N–H and O–H groups in total. The lowest BCUT2D eigenvalue weighted by molar-refractivity contribution is 0.0776. The zero-order valence-corrected chi connectivity index (χ0v) is 8.44. The number of rotatable bonds is 5. The molecule has 0 spiro atoms. The number of benzene rings is 1. The molecule has 0 fully saturated rings. The molecule has 77 valence electrons. The Morgan fingerprint density at radius 1 is 1.21 bits per heavy atom. The molecule has 0 bridgehead atoms. The van der Waals surface area contributed by atoms with Crippen molar-refractivity contribution < 1.29 is 15.3 Å². The van der Waals surface area contributed by atoms with Gasteiger partial charge in [-0.15, -0.1) is 11.8 Å². The van der Waals surface area contributed by atoms with E-state index in [1.54, 1.807) is 12.1 Å². The second-order valence-corrected chi connectivity index (χ2v) is 4.14. The highest BCUT2D eigenvalue weighted by Crippen LogP contribution is 2.24. The highest BCUT2D eigenvalue weighted by atomic mass is 32.2. The van der Waals surface area contributed by atoms with E-state index in [0.717, 1.165) is 4.90 Å². The SMILES string of the molecule is OCC(O)C(CO)Sc1cc[c]cc1. The smallest absolute Gasteiger partial charge is 0.0914 e. The van der Waals surface area contributed by atoms with Crippen LogP contribution in [0.1, 0.15) is 0 Å². The zero-order chi connectivity index (χ0) is 10.4. The average Bonchev–Trinajstić information content (AvgIpc) is 2.26. The van der Waals surface area contributed by atoms with Gasteiger partial charge in [-0.05, 0) is 18.2 Å². The summed E-state index contributed by atoms with van der Waals surface area (Å²) in [4.78, 5) is 0.940. The molecule has 1 aromatic rings. The van der Waals surface area contributed by atoms with E-state index >= 15 is 0 Å². The van der Waals surface area contributed by atoms with Crippen molar-refractivity contribution in [2.45, 2.75) is 16.2 Å². The van der Waals surface area contributed by atoms with Crippen LogP contribution < -0.4 is 0 Å². The molecule has 1 radical (unpaired) electrons. The van der Waals surface area contributed by atoms with E-state index in [1.165, 1.54) is 11.8 Å². The van der Waals surface area contributed by atoms with Gasteiger partial charge in [0.25, 0.3) is 0 Å². The molecule has 0 saturated carbocycles. The van der Waals surface area contributed by atoms with Crippen LogP contribution in [0.3, 0.4) is 0 Å². The highest BCUT2D eigenvalue weighted by molar-refractivity contribution is 8.00. The van der Waals surface area contributed by atoms with Crippen LogP contribution in [0.5, 0.6) is 0 Å². The topological polar surface area (TPSA) is 60.7 Å². The first-order valence-corrected chi connectivity index (χ1v) is 5.18. The van der Waals surface area contributed by atoms with Crippen molar-refractivity contribution in [1.29, 1.82) is 0 Å². The Labute approximate surface area is 87.4 Å². The van der Waals surface area contributed by atoms with E-state index in [1.807, 2.05) is 12.1 Å². The van der Waals surface area contributed by atoms with Gasteiger partial charge in [-0.1, -0.05) is 12.1 Å². The van der Waals surface area contributed by atoms with Crippen LogP contribution in [0, 0.1) is 6.07 Å². The van der Waals surface area contributed by atoms with Gasteiger partial charge in [0.15, 0.2) is 0 Å². The molecule has 0 aromatic heterocycles. The van der Waals surface area contributed by atoms with Gasteiger partial charge in [0.2, 0.25) is 0 Å². The van der Waals surface area contributed by atoms with Crippen molar-refractivity contribution >= 4 is 11.8 Å². The molecule has 4 heteroatoms. The molecular weight excluding hydrogens is 200 g/mol. The fourth-order valence-corrected chi connectivity index (χ4v) is 1.94. The Bertz CT molecular complexity index is 253. The third-order valence-corrected chi connectivity index (χ3v) is 3.08. The number of thioether (sulfide) groups is 1. The molecule has 2 atom stereocenters. The highest BCUT2D eigenvalue weighted by Gasteiger charge is 2.18. The summed E-state index contributed by atoms with van der Waals surface area (Å²) in [6, 6.07) is 10.1. The van der Waals surface area contributed by atoms with Crippen molar-refractivity contribution in [2.75, 3.05) is 13.2 Å². The first kappa shape index (κ1) is 11.5. The summed E-state index contributed by atoms with van der Waals surface area (Å²) in [6.45, 7) is -0.498. The van der Waals surface area contributed by atoms with Crippen molar-refractivity contribution in [3.8, 4) is 0 Å². The van der Waals surface area contributed by atoms with Crippen molar-refractivity contribution in [2.24, 2.45) is 0 Å². The maximum absolute atomic E-state index is 9.34. The Balaban J connectivity index is 2.57. The summed E-state index contributed by atoms with van der Waals surface area (Å²) in [6.07, 6.45) is -0.894. The van der Waals surface area contributed by atoms with E-state index in [2.05, 4.69) is 6.07 Å². The summed E-state index contributed by atoms with van der Waals surface area (Å²) in [5.74, 6) is 0. The Morgan fingerprint density at radius 3 is 2.36 bits per heavy atom. The molecule has 14 heavy (non-hydrogen) atoms. The molecule has 3 nitrogen and oxygen atoms in total. The van der Waals surface area contributed by atoms with Gasteiger partial charge in [-0.3, -0.25) is 0 Å². The summed E-state index contributed by atoms with van der Waals surface area (Å²) in [7, 11) is 0. The number of aliphatic hydroxyl groups is 3. The largest absolute Gasteiger partial charge is 0.395 e. The summed E-state index contributed by atoms with van der Waals surface area (Å²) in [5.41, 5.74) is 0. The number of aliphatic hydroxyl groups excluding tert-OH is 3. The second-order valence-electron chi connectivity index (χ2n) is 2.82. The first-order valence-electron chi connectivity index (χ1n) is 4.30. The predicted molar refractivity (Wildman–Crippen MR) is 55.1 cm³/mol. The van der Waals surface area contributed by atoms with E-state index in [-0.39, 0.29) is 18.5 Å². The molecule has 0 amide bonds. The van der Waals surface area contributed by atoms with E-state index in [9.17, 15) is 5.11 Å². The van der Waals surface area contributed by atoms with Gasteiger partial charge >= 0.3 is 0 Å². The molecule has 1 rings (SSSR count). The Morgan fingerprint density at radius 2 is 1.86 bits per heavy atom. The molecule has 0 saturated heterocycles. The summed E-state index contributed by atoms with van der Waals surface area (Å²) in [5, 5.41) is 26.7. The molecule has 0 aliphatic carbocycles. The third-order valence-electron chi connectivity index (χ3n) is 1.77. The predicted octanol–water partition coefficient (Wildman–Crippen LogP) is 0.293. The molecule has 0 aliphatic rings. The first-order chi connectivity index (χ1) is 6.77. The lowest BCUT2D eigenvalue weighted by Gasteiger charge is -2.18. The summed E-state index contributed by atoms with van der Waals surface area (Å²) >= 11 is 1.34. The fraction of sp³-hybridized carbons (Fsp3) is 0.400. The van der Waals surface area contributed by atoms with Crippen LogP contribution in [0.2, 0.25) is 0 Å². The summed E-state index contributed by atoms with van der Waals surface area (Å²) < 4.78 is 0. The fourth-order valence-electron chi connectivity index (χ4n) is 0.980. The standard InChI is InChI=1S/C10H13O3S/c11-6-9(13)10(7-12)14-8-4-2-1-3-5-8/h2-5,9-13H,6-7H2. The lowest BCUT2D eigenvalue weighted by atomic mass is 10.3. The van der Waals surface area contributed by atoms with Gasteiger partial charge in [0, 0.05) is 4.90 Å². The minimum atomic E-state index is -0.894. The molecule has 2 unspecified atom stereocenters. The number of hydrogen-bond acceptors (Lipinski definition) is 4. The minimum Gasteiger partial charge on any atom is -0.395 e. The van der Waals surface area contributed by atoms with E-state index in [0.29, 0.717) is 0 Å². The minimum absolute atomic E-state index is 0.162. The molecular formula is C10H13O3S. The van der Waals surface area contributed by atoms with Crippen molar-refractivity contribution in [3.05, 3.63) is 30.3 Å². The van der Waals surface area contributed by atoms with Gasteiger partial charge in [-0.25, -0.2) is 0 Å². The van der Waals surface area contributed by atoms with Gasteiger partial charge in [0.1, 0.15) is 0 Å². The van der Waals surface area contributed by atoms with E-state index < -0.39 is 6.10 Å². The van der Waals surface area contributed by atoms with Crippen LogP contribution in [0.25, 0.3) is 0 Å². The molecule has 0 aliphatic heterocycles. The normalized spacial score (nSPS) is 15.1. The average molecular weight is 213 g/mol. The quantitative estimate of drug-likeness (QED) is 0.615. The molecule has 0 heterocycles. The second kappa shape index (κ2) is 6.03.